The van der Waals surface area contributed by atoms with Gasteiger partial charge in [-0.1, -0.05) is 141 Å². The number of carbonyl (C=O) groups excluding carboxylic acids is 4. The van der Waals surface area contributed by atoms with Gasteiger partial charge in [-0.05, 0) is 83.5 Å². The molecule has 0 spiro atoms. The van der Waals surface area contributed by atoms with Crippen molar-refractivity contribution in [1.29, 1.82) is 0 Å². The van der Waals surface area contributed by atoms with E-state index >= 15 is 0 Å². The van der Waals surface area contributed by atoms with Gasteiger partial charge in [0.1, 0.15) is 31.0 Å². The highest BCUT2D eigenvalue weighted by Crippen LogP contribution is 2.43. The number of hydrogen-bond acceptors (Lipinski definition) is 15. The Balaban J connectivity index is 2.39. The SMILES string of the molecule is CCCCCCCC/C=C\CCCCCCCC(=O)OC[C@H](COP(=O)(O)OCCNC(=O)CCCCC(=O)NCCCO[C@@H]1O[C@H](CO)[C@H](O)[C@H](O)[C@H]1O)OC(=O)CCCCCCC/C=C\CCCCCCCC. The minimum absolute atomic E-state index is 0.0642. The van der Waals surface area contributed by atoms with Crippen LogP contribution >= 0.6 is 7.82 Å². The van der Waals surface area contributed by atoms with Gasteiger partial charge in [-0.3, -0.25) is 28.2 Å². The van der Waals surface area contributed by atoms with Crippen LogP contribution in [0.5, 0.6) is 0 Å². The fourth-order valence-corrected chi connectivity index (χ4v) is 9.07. The van der Waals surface area contributed by atoms with Crippen LogP contribution in [0.1, 0.15) is 226 Å². The Morgan fingerprint density at radius 2 is 0.987 bits per heavy atom. The number of nitrogens with one attached hydrogen (secondary N) is 2. The number of ether oxygens (including phenoxy) is 4. The van der Waals surface area contributed by atoms with Crippen LogP contribution in [0.3, 0.4) is 0 Å². The average Bonchev–Trinajstić information content (AvgIpc) is 3.39. The summed E-state index contributed by atoms with van der Waals surface area (Å²) in [6.07, 6.45) is 32.4. The van der Waals surface area contributed by atoms with Gasteiger partial charge in [-0.25, -0.2) is 4.57 Å². The largest absolute Gasteiger partial charge is 0.472 e. The van der Waals surface area contributed by atoms with Crippen molar-refractivity contribution in [3.8, 4) is 0 Å². The third kappa shape index (κ3) is 41.0. The molecule has 0 bridgehead atoms. The van der Waals surface area contributed by atoms with Gasteiger partial charge in [0.15, 0.2) is 12.4 Å². The second-order valence-electron chi connectivity index (χ2n) is 19.9. The normalized spacial score (nSPS) is 19.1. The number of carbonyl (C=O) groups is 4. The molecule has 1 fully saturated rings. The minimum Gasteiger partial charge on any atom is -0.462 e. The van der Waals surface area contributed by atoms with Crippen molar-refractivity contribution in [2.45, 2.75) is 263 Å². The molecule has 75 heavy (non-hydrogen) atoms. The van der Waals surface area contributed by atoms with E-state index in [-0.39, 0.29) is 70.4 Å². The topological polar surface area (TPSA) is 266 Å². The number of esters is 2. The molecule has 0 aromatic carbocycles. The van der Waals surface area contributed by atoms with Crippen LogP contribution in [0.25, 0.3) is 0 Å². The first kappa shape index (κ1) is 70.2. The van der Waals surface area contributed by atoms with Crippen LogP contribution in [0.2, 0.25) is 0 Å². The summed E-state index contributed by atoms with van der Waals surface area (Å²) in [7, 11) is -4.66. The Bertz CT molecular complexity index is 1540. The van der Waals surface area contributed by atoms with Gasteiger partial charge in [-0.2, -0.15) is 0 Å². The van der Waals surface area contributed by atoms with E-state index in [2.05, 4.69) is 48.8 Å². The quantitative estimate of drug-likeness (QED) is 0.0129. The molecule has 7 N–H and O–H groups in total. The van der Waals surface area contributed by atoms with Crippen molar-refractivity contribution in [2.75, 3.05) is 46.1 Å². The molecule has 19 heteroatoms. The zero-order valence-corrected chi connectivity index (χ0v) is 47.1. The van der Waals surface area contributed by atoms with E-state index in [0.717, 1.165) is 77.0 Å². The molecule has 0 aliphatic carbocycles. The lowest BCUT2D eigenvalue weighted by Crippen LogP contribution is -2.59. The van der Waals surface area contributed by atoms with E-state index in [9.17, 15) is 49.1 Å². The predicted molar refractivity (Wildman–Crippen MR) is 290 cm³/mol. The molecule has 7 atom stereocenters. The Morgan fingerprint density at radius 3 is 1.49 bits per heavy atom. The smallest absolute Gasteiger partial charge is 0.462 e. The van der Waals surface area contributed by atoms with Gasteiger partial charge in [0.25, 0.3) is 0 Å². The summed E-state index contributed by atoms with van der Waals surface area (Å²) in [4.78, 5) is 60.4. The first-order chi connectivity index (χ1) is 36.3. The van der Waals surface area contributed by atoms with E-state index in [1.807, 2.05) is 0 Å². The monoisotopic (exact) mass is 1090 g/mol. The Kier molecular flexibility index (Phi) is 45.3. The molecular weight excluding hydrogens is 988 g/mol. The third-order valence-corrected chi connectivity index (χ3v) is 13.9. The summed E-state index contributed by atoms with van der Waals surface area (Å²) < 4.78 is 44.6. The van der Waals surface area contributed by atoms with Crippen molar-refractivity contribution in [3.05, 3.63) is 24.3 Å². The molecule has 1 rings (SSSR count). The second kappa shape index (κ2) is 48.4. The molecule has 1 aliphatic heterocycles. The van der Waals surface area contributed by atoms with E-state index in [1.165, 1.54) is 77.0 Å². The van der Waals surface area contributed by atoms with Gasteiger partial charge < -0.3 is 54.9 Å². The van der Waals surface area contributed by atoms with E-state index < -0.39 is 69.8 Å². The van der Waals surface area contributed by atoms with Gasteiger partial charge in [0, 0.05) is 38.8 Å². The summed E-state index contributed by atoms with van der Waals surface area (Å²) in [5.74, 6) is -1.56. The Labute approximate surface area is 450 Å². The molecule has 2 amide bonds. The molecule has 1 aliphatic rings. The molecule has 0 aromatic rings. The second-order valence-corrected chi connectivity index (χ2v) is 21.3. The summed E-state index contributed by atoms with van der Waals surface area (Å²) in [6.45, 7) is 2.87. The summed E-state index contributed by atoms with van der Waals surface area (Å²) in [5, 5.41) is 44.4. The maximum Gasteiger partial charge on any atom is 0.472 e. The van der Waals surface area contributed by atoms with Crippen molar-refractivity contribution in [2.24, 2.45) is 0 Å². The Morgan fingerprint density at radius 1 is 0.533 bits per heavy atom. The number of unbranched alkanes of at least 4 members (excludes halogenated alkanes) is 23. The predicted octanol–water partition coefficient (Wildman–Crippen LogP) is 9.65. The van der Waals surface area contributed by atoms with Gasteiger partial charge in [0.05, 0.1) is 26.4 Å². The average molecular weight is 1090 g/mol. The van der Waals surface area contributed by atoms with Crippen molar-refractivity contribution in [3.63, 3.8) is 0 Å². The van der Waals surface area contributed by atoms with E-state index in [0.29, 0.717) is 32.1 Å². The highest BCUT2D eigenvalue weighted by molar-refractivity contribution is 7.47. The Hall–Kier alpha value is -2.77. The molecule has 18 nitrogen and oxygen atoms in total. The highest BCUT2D eigenvalue weighted by atomic mass is 31.2. The summed E-state index contributed by atoms with van der Waals surface area (Å²) >= 11 is 0. The number of phosphoric acid groups is 1. The number of rotatable bonds is 51. The third-order valence-electron chi connectivity index (χ3n) is 12.9. The molecule has 0 saturated carbocycles. The van der Waals surface area contributed by atoms with E-state index in [4.69, 9.17) is 28.0 Å². The van der Waals surface area contributed by atoms with Gasteiger partial charge in [-0.15, -0.1) is 0 Å². The number of phosphoric ester groups is 1. The standard InChI is InChI=1S/C56H103N2O16P/c1-3-5-7-9-11-13-15-17-19-21-23-25-27-29-31-38-51(62)70-45-47(73-52(63)39-32-30-28-26-24-22-20-18-16-14-12-10-8-6-4-2)46-72-75(67,68)71-43-41-58-50(61)37-34-33-36-49(60)57-40-35-42-69-56-55(66)54(65)53(64)48(44-59)74-56/h17-20,47-48,53-56,59,64-66H,3-16,21-46H2,1-2H3,(H,57,60)(H,58,61)(H,67,68)/b19-17-,20-18-/t47-,48-,53+,54+,55-,56-/m1/s1. The number of allylic oxidation sites excluding steroid dienone is 4. The number of hydrogen-bond donors (Lipinski definition) is 7. The van der Waals surface area contributed by atoms with Crippen molar-refractivity contribution >= 4 is 31.6 Å². The van der Waals surface area contributed by atoms with Crippen LogP contribution in [-0.4, -0.2) is 132 Å². The number of aliphatic hydroxyl groups is 4. The zero-order chi connectivity index (χ0) is 55.0. The first-order valence-electron chi connectivity index (χ1n) is 29.1. The molecule has 0 aromatic heterocycles. The fourth-order valence-electron chi connectivity index (χ4n) is 8.32. The number of amides is 2. The summed E-state index contributed by atoms with van der Waals surface area (Å²) in [5.41, 5.74) is 0. The molecule has 0 radical (unpaired) electrons. The first-order valence-corrected chi connectivity index (χ1v) is 30.5. The maximum atomic E-state index is 12.9. The molecule has 1 saturated heterocycles. The van der Waals surface area contributed by atoms with Crippen LogP contribution < -0.4 is 10.6 Å². The number of aliphatic hydroxyl groups excluding tert-OH is 4. The van der Waals surface area contributed by atoms with Crippen LogP contribution in [0.15, 0.2) is 24.3 Å². The zero-order valence-electron chi connectivity index (χ0n) is 46.2. The minimum atomic E-state index is -4.66. The lowest BCUT2D eigenvalue weighted by atomic mass is 9.99. The van der Waals surface area contributed by atoms with Crippen LogP contribution in [0, 0.1) is 0 Å². The highest BCUT2D eigenvalue weighted by Gasteiger charge is 2.44. The van der Waals surface area contributed by atoms with Crippen molar-refractivity contribution < 1.29 is 77.1 Å². The molecule has 438 valence electrons. The van der Waals surface area contributed by atoms with Gasteiger partial charge in [0.2, 0.25) is 11.8 Å². The van der Waals surface area contributed by atoms with Crippen LogP contribution in [-0.2, 0) is 51.7 Å². The van der Waals surface area contributed by atoms with E-state index in [1.54, 1.807) is 0 Å². The maximum absolute atomic E-state index is 12.9. The lowest BCUT2D eigenvalue weighted by Gasteiger charge is -2.39. The molecule has 1 heterocycles. The summed E-state index contributed by atoms with van der Waals surface area (Å²) in [6, 6.07) is 0. The van der Waals surface area contributed by atoms with Gasteiger partial charge >= 0.3 is 19.8 Å². The van der Waals surface area contributed by atoms with Crippen LogP contribution in [0.4, 0.5) is 0 Å². The fraction of sp³-hybridized carbons (Fsp3) is 0.857. The molecule has 1 unspecified atom stereocenters. The lowest BCUT2D eigenvalue weighted by molar-refractivity contribution is -0.301. The van der Waals surface area contributed by atoms with Crippen molar-refractivity contribution in [1.82, 2.24) is 10.6 Å². The molecular formula is C56H103N2O16P.